The van der Waals surface area contributed by atoms with Crippen LogP contribution < -0.4 is 20.1 Å². The summed E-state index contributed by atoms with van der Waals surface area (Å²) in [5.41, 5.74) is 4.63. The van der Waals surface area contributed by atoms with Gasteiger partial charge in [-0.25, -0.2) is 9.13 Å². The zero-order chi connectivity index (χ0) is 21.1. The van der Waals surface area contributed by atoms with E-state index in [4.69, 9.17) is 5.11 Å². The van der Waals surface area contributed by atoms with Crippen molar-refractivity contribution in [1.82, 2.24) is 4.57 Å². The summed E-state index contributed by atoms with van der Waals surface area (Å²) in [6, 6.07) is 12.6. The number of aromatic hydroxyl groups is 1. The molecule has 1 saturated heterocycles. The molecule has 1 aromatic heterocycles. The van der Waals surface area contributed by atoms with E-state index in [-0.39, 0.29) is 12.4 Å². The second kappa shape index (κ2) is 8.67. The zero-order valence-electron chi connectivity index (χ0n) is 17.5. The molecule has 0 aliphatic carbocycles. The highest BCUT2D eigenvalue weighted by Gasteiger charge is 2.27. The van der Waals surface area contributed by atoms with Gasteiger partial charge in [-0.1, -0.05) is 0 Å². The number of anilines is 4. The second-order valence-electron chi connectivity index (χ2n) is 7.92. The maximum absolute atomic E-state index is 10.0. The summed E-state index contributed by atoms with van der Waals surface area (Å²) in [5.74, 6) is 0.233. The summed E-state index contributed by atoms with van der Waals surface area (Å²) >= 11 is 0. The van der Waals surface area contributed by atoms with Crippen molar-refractivity contribution in [2.45, 2.75) is 19.4 Å². The van der Waals surface area contributed by atoms with Gasteiger partial charge in [0.15, 0.2) is 0 Å². The number of benzene rings is 2. The van der Waals surface area contributed by atoms with Crippen molar-refractivity contribution in [1.29, 1.82) is 0 Å². The summed E-state index contributed by atoms with van der Waals surface area (Å²) in [6.45, 7) is 4.38. The number of imidazole rings is 1. The van der Waals surface area contributed by atoms with Gasteiger partial charge in [0, 0.05) is 37.0 Å². The number of rotatable bonds is 7. The van der Waals surface area contributed by atoms with Gasteiger partial charge < -0.3 is 25.7 Å². The Morgan fingerprint density at radius 1 is 1.17 bits per heavy atom. The average Bonchev–Trinajstić information content (AvgIpc) is 3.39. The van der Waals surface area contributed by atoms with Crippen LogP contribution in [0.15, 0.2) is 55.1 Å². The summed E-state index contributed by atoms with van der Waals surface area (Å²) in [5, 5.41) is 25.7. The molecule has 1 fully saturated rings. The van der Waals surface area contributed by atoms with Crippen molar-refractivity contribution < 1.29 is 14.8 Å². The third-order valence-corrected chi connectivity index (χ3v) is 5.65. The summed E-state index contributed by atoms with van der Waals surface area (Å²) in [7, 11) is 2.05. The normalized spacial score (nSPS) is 16.1. The lowest BCUT2D eigenvalue weighted by atomic mass is 10.1. The molecule has 2 heterocycles. The number of phenols is 1. The van der Waals surface area contributed by atoms with E-state index in [1.54, 1.807) is 6.07 Å². The van der Waals surface area contributed by atoms with E-state index >= 15 is 0 Å². The molecule has 0 bridgehead atoms. The van der Waals surface area contributed by atoms with Crippen LogP contribution in [-0.4, -0.2) is 41.0 Å². The third-order valence-electron chi connectivity index (χ3n) is 5.65. The van der Waals surface area contributed by atoms with E-state index < -0.39 is 0 Å². The van der Waals surface area contributed by atoms with E-state index in [1.807, 2.05) is 13.0 Å². The number of nitrogens with zero attached hydrogens (tertiary/aromatic N) is 3. The minimum atomic E-state index is 0.0286. The maximum Gasteiger partial charge on any atom is 0.243 e. The largest absolute Gasteiger partial charge is 0.508 e. The van der Waals surface area contributed by atoms with Gasteiger partial charge in [0.25, 0.3) is 0 Å². The first-order valence-electron chi connectivity index (χ1n) is 10.4. The first-order valence-corrected chi connectivity index (χ1v) is 10.4. The molecular weight excluding hydrogens is 378 g/mol. The minimum Gasteiger partial charge on any atom is -0.508 e. The molecule has 3 aromatic rings. The molecule has 4 rings (SSSR count). The van der Waals surface area contributed by atoms with Crippen molar-refractivity contribution in [2.75, 3.05) is 41.8 Å². The highest BCUT2D eigenvalue weighted by atomic mass is 16.3. The Morgan fingerprint density at radius 3 is 2.67 bits per heavy atom. The quantitative estimate of drug-likeness (QED) is 0.357. The van der Waals surface area contributed by atoms with E-state index in [0.29, 0.717) is 12.6 Å². The lowest BCUT2D eigenvalue weighted by Gasteiger charge is -2.19. The van der Waals surface area contributed by atoms with Crippen molar-refractivity contribution in [3.8, 4) is 5.75 Å². The van der Waals surface area contributed by atoms with Gasteiger partial charge in [-0.05, 0) is 42.8 Å². The highest BCUT2D eigenvalue weighted by molar-refractivity contribution is 5.77. The third kappa shape index (κ3) is 4.36. The molecule has 158 valence electrons. The SMILES string of the molecule is Cc1cc(Nc2ccc(N3CCC(n4cc[n+](C)c4)C3)cc2)c(NCCO)cc1O. The predicted octanol–water partition coefficient (Wildman–Crippen LogP) is 2.93. The van der Waals surface area contributed by atoms with E-state index in [1.165, 1.54) is 5.69 Å². The van der Waals surface area contributed by atoms with Crippen LogP contribution in [0.5, 0.6) is 5.75 Å². The molecule has 30 heavy (non-hydrogen) atoms. The Balaban J connectivity index is 1.45. The number of aliphatic hydroxyl groups excluding tert-OH is 1. The number of aromatic nitrogens is 2. The predicted molar refractivity (Wildman–Crippen MR) is 120 cm³/mol. The van der Waals surface area contributed by atoms with Crippen LogP contribution in [0.25, 0.3) is 0 Å². The molecule has 7 heteroatoms. The standard InChI is InChI=1S/C23H29N5O2/c1-17-13-22(21(14-23(17)30)24-8-12-29)25-18-3-5-19(6-4-18)27-9-7-20(15-27)28-11-10-26(2)16-28/h3-6,10-11,13-14,16,20,24-25,29H,7-9,12,15H2,1-2H3/p+1. The van der Waals surface area contributed by atoms with Gasteiger partial charge in [-0.2, -0.15) is 0 Å². The second-order valence-corrected chi connectivity index (χ2v) is 7.92. The van der Waals surface area contributed by atoms with Gasteiger partial charge >= 0.3 is 0 Å². The van der Waals surface area contributed by atoms with Gasteiger partial charge in [0.2, 0.25) is 6.33 Å². The Kier molecular flexibility index (Phi) is 5.81. The molecule has 1 atom stereocenters. The van der Waals surface area contributed by atoms with Crippen LogP contribution >= 0.6 is 0 Å². The van der Waals surface area contributed by atoms with Crippen LogP contribution in [0.3, 0.4) is 0 Å². The summed E-state index contributed by atoms with van der Waals surface area (Å²) < 4.78 is 4.38. The first kappa shape index (κ1) is 20.1. The molecule has 1 unspecified atom stereocenters. The molecule has 1 aliphatic heterocycles. The number of hydrogen-bond donors (Lipinski definition) is 4. The van der Waals surface area contributed by atoms with Crippen LogP contribution in [0.1, 0.15) is 18.0 Å². The van der Waals surface area contributed by atoms with Crippen LogP contribution in [0.2, 0.25) is 0 Å². The smallest absolute Gasteiger partial charge is 0.243 e. The molecule has 0 saturated carbocycles. The van der Waals surface area contributed by atoms with Crippen molar-refractivity contribution in [3.63, 3.8) is 0 Å². The van der Waals surface area contributed by atoms with Crippen LogP contribution in [0.4, 0.5) is 22.7 Å². The molecular formula is C23H30N5O2+. The van der Waals surface area contributed by atoms with E-state index in [9.17, 15) is 5.11 Å². The number of nitrogens with one attached hydrogen (secondary N) is 2. The molecule has 4 N–H and O–H groups in total. The van der Waals surface area contributed by atoms with Crippen LogP contribution in [0, 0.1) is 6.92 Å². The van der Waals surface area contributed by atoms with E-state index in [0.717, 1.165) is 42.1 Å². The molecule has 0 spiro atoms. The maximum atomic E-state index is 10.0. The van der Waals surface area contributed by atoms with Crippen molar-refractivity contribution in [2.24, 2.45) is 7.05 Å². The lowest BCUT2D eigenvalue weighted by Crippen LogP contribution is -2.25. The number of aliphatic hydroxyl groups is 1. The van der Waals surface area contributed by atoms with Crippen molar-refractivity contribution in [3.05, 3.63) is 60.7 Å². The minimum absolute atomic E-state index is 0.0286. The van der Waals surface area contributed by atoms with E-state index in [2.05, 4.69) is 74.7 Å². The van der Waals surface area contributed by atoms with Gasteiger partial charge in [-0.3, -0.25) is 0 Å². The Bertz CT molecular complexity index is 999. The first-order chi connectivity index (χ1) is 14.5. The summed E-state index contributed by atoms with van der Waals surface area (Å²) in [6.07, 6.45) is 7.51. The van der Waals surface area contributed by atoms with Gasteiger partial charge in [0.1, 0.15) is 24.2 Å². The fraction of sp³-hybridized carbons (Fsp3) is 0.348. The Morgan fingerprint density at radius 2 is 1.97 bits per heavy atom. The number of phenolic OH excluding ortho intramolecular Hbond substituents is 1. The molecule has 0 radical (unpaired) electrons. The lowest BCUT2D eigenvalue weighted by molar-refractivity contribution is -0.671. The Labute approximate surface area is 177 Å². The average molecular weight is 409 g/mol. The van der Waals surface area contributed by atoms with Crippen molar-refractivity contribution >= 4 is 22.7 Å². The molecule has 2 aromatic carbocycles. The van der Waals surface area contributed by atoms with Gasteiger partial charge in [-0.15, -0.1) is 0 Å². The monoisotopic (exact) mass is 408 g/mol. The molecule has 0 amide bonds. The molecule has 7 nitrogen and oxygen atoms in total. The van der Waals surface area contributed by atoms with Crippen LogP contribution in [-0.2, 0) is 7.05 Å². The zero-order valence-corrected chi connectivity index (χ0v) is 17.5. The van der Waals surface area contributed by atoms with Gasteiger partial charge in [0.05, 0.1) is 31.6 Å². The fourth-order valence-corrected chi connectivity index (χ4v) is 3.95. The number of aryl methyl sites for hydroxylation is 2. The Hall–Kier alpha value is -3.19. The number of hydrogen-bond acceptors (Lipinski definition) is 5. The highest BCUT2D eigenvalue weighted by Crippen LogP contribution is 2.33. The fourth-order valence-electron chi connectivity index (χ4n) is 3.95. The topological polar surface area (TPSA) is 76.6 Å². The molecule has 1 aliphatic rings. The summed E-state index contributed by atoms with van der Waals surface area (Å²) in [4.78, 5) is 2.42.